The number of hydrogen-bond acceptors (Lipinski definition) is 3. The minimum atomic E-state index is -0.0123. The van der Waals surface area contributed by atoms with Crippen LogP contribution in [-0.4, -0.2) is 14.5 Å². The van der Waals surface area contributed by atoms with E-state index in [1.807, 2.05) is 69.3 Å². The molecule has 0 saturated carbocycles. The topological polar surface area (TPSA) is 47.8 Å². The van der Waals surface area contributed by atoms with Gasteiger partial charge in [0.05, 0.1) is 5.39 Å². The van der Waals surface area contributed by atoms with Crippen LogP contribution in [0.25, 0.3) is 27.6 Å². The van der Waals surface area contributed by atoms with E-state index in [1.165, 1.54) is 0 Å². The van der Waals surface area contributed by atoms with Gasteiger partial charge in [0.1, 0.15) is 5.82 Å². The molecule has 142 valence electrons. The second kappa shape index (κ2) is 8.61. The maximum Gasteiger partial charge on any atom is 0.263 e. The second-order valence-corrected chi connectivity index (χ2v) is 6.25. The van der Waals surface area contributed by atoms with Crippen molar-refractivity contribution in [3.8, 4) is 16.8 Å². The molecule has 2 heterocycles. The number of aryl methyl sites for hydroxylation is 2. The molecular weight excluding hydrogens is 346 g/mol. The molecule has 0 aliphatic heterocycles. The summed E-state index contributed by atoms with van der Waals surface area (Å²) in [7, 11) is 0. The van der Waals surface area contributed by atoms with Crippen LogP contribution in [0, 0.1) is 6.92 Å². The molecule has 0 spiro atoms. The molecule has 0 radical (unpaired) electrons. The fraction of sp³-hybridized carbons (Fsp3) is 0.208. The molecule has 4 nitrogen and oxygen atoms in total. The van der Waals surface area contributed by atoms with Gasteiger partial charge >= 0.3 is 0 Å². The molecular formula is C24H25N3O. The number of benzene rings is 2. The number of nitrogens with zero attached hydrogens (tertiary/aromatic N) is 3. The Morgan fingerprint density at radius 3 is 2.25 bits per heavy atom. The van der Waals surface area contributed by atoms with Crippen LogP contribution in [0.15, 0.2) is 71.8 Å². The lowest BCUT2D eigenvalue weighted by Crippen LogP contribution is -2.22. The maximum atomic E-state index is 13.5. The third kappa shape index (κ3) is 3.58. The third-order valence-electron chi connectivity index (χ3n) is 4.59. The molecule has 0 aliphatic rings. The number of aromatic nitrogens is 3. The number of para-hydroxylation sites is 1. The molecule has 0 aliphatic carbocycles. The Bertz CT molecular complexity index is 1130. The van der Waals surface area contributed by atoms with Gasteiger partial charge < -0.3 is 0 Å². The van der Waals surface area contributed by atoms with Gasteiger partial charge in [-0.3, -0.25) is 9.36 Å². The van der Waals surface area contributed by atoms with Gasteiger partial charge in [0, 0.05) is 29.3 Å². The molecule has 4 heteroatoms. The molecule has 28 heavy (non-hydrogen) atoms. The first kappa shape index (κ1) is 19.5. The fourth-order valence-corrected chi connectivity index (χ4v) is 3.31. The number of rotatable bonds is 3. The lowest BCUT2D eigenvalue weighted by Gasteiger charge is -2.15. The van der Waals surface area contributed by atoms with E-state index in [2.05, 4.69) is 23.0 Å². The average molecular weight is 371 g/mol. The molecule has 0 fully saturated rings. The highest BCUT2D eigenvalue weighted by Crippen LogP contribution is 2.27. The fourth-order valence-electron chi connectivity index (χ4n) is 3.31. The van der Waals surface area contributed by atoms with E-state index in [1.54, 1.807) is 17.0 Å². The van der Waals surface area contributed by atoms with Crippen molar-refractivity contribution < 1.29 is 0 Å². The smallest absolute Gasteiger partial charge is 0.263 e. The van der Waals surface area contributed by atoms with Crippen molar-refractivity contribution in [2.24, 2.45) is 0 Å². The zero-order chi connectivity index (χ0) is 20.1. The highest BCUT2D eigenvalue weighted by molar-refractivity contribution is 5.96. The number of hydrogen-bond donors (Lipinski definition) is 0. The number of pyridine rings is 1. The largest absolute Gasteiger partial charge is 0.281 e. The molecule has 0 saturated heterocycles. The van der Waals surface area contributed by atoms with Gasteiger partial charge in [0.15, 0.2) is 0 Å². The van der Waals surface area contributed by atoms with Gasteiger partial charge in [-0.25, -0.2) is 9.97 Å². The highest BCUT2D eigenvalue weighted by Gasteiger charge is 2.14. The average Bonchev–Trinajstić information content (AvgIpc) is 2.75. The number of fused-ring (bicyclic) bond motifs is 1. The van der Waals surface area contributed by atoms with E-state index < -0.39 is 0 Å². The van der Waals surface area contributed by atoms with Gasteiger partial charge in [-0.1, -0.05) is 57.2 Å². The summed E-state index contributed by atoms with van der Waals surface area (Å²) in [6, 6.07) is 17.8. The van der Waals surface area contributed by atoms with Crippen molar-refractivity contribution in [1.29, 1.82) is 0 Å². The first-order chi connectivity index (χ1) is 13.7. The van der Waals surface area contributed by atoms with E-state index >= 15 is 0 Å². The third-order valence-corrected chi connectivity index (χ3v) is 4.59. The zero-order valence-corrected chi connectivity index (χ0v) is 16.8. The molecule has 0 bridgehead atoms. The van der Waals surface area contributed by atoms with Crippen LogP contribution < -0.4 is 5.56 Å². The van der Waals surface area contributed by atoms with Gasteiger partial charge in [0.2, 0.25) is 0 Å². The summed E-state index contributed by atoms with van der Waals surface area (Å²) in [5, 5.41) is 1.64. The summed E-state index contributed by atoms with van der Waals surface area (Å²) in [4.78, 5) is 22.1. The minimum Gasteiger partial charge on any atom is -0.281 e. The molecule has 4 aromatic rings. The Balaban J connectivity index is 0.00000109. The van der Waals surface area contributed by atoms with E-state index in [4.69, 9.17) is 0 Å². The SMILES string of the molecule is CC.CCc1cc2cccc(-c3cnc(C)nc3)c2c(=O)n1-c1ccccc1. The predicted octanol–water partition coefficient (Wildman–Crippen LogP) is 5.34. The normalized spacial score (nSPS) is 10.4. The zero-order valence-electron chi connectivity index (χ0n) is 16.8. The standard InChI is InChI=1S/C22H19N3O.C2H6/c1-3-18-12-16-8-7-11-20(17-13-23-15(2)24-14-17)21(16)22(26)25(18)19-9-5-4-6-10-19;1-2/h4-14H,3H2,1-2H3;1-2H3. The van der Waals surface area contributed by atoms with Crippen LogP contribution in [-0.2, 0) is 6.42 Å². The van der Waals surface area contributed by atoms with Crippen molar-refractivity contribution in [2.75, 3.05) is 0 Å². The molecule has 2 aromatic carbocycles. The van der Waals surface area contributed by atoms with Crippen LogP contribution in [0.1, 0.15) is 32.3 Å². The lowest BCUT2D eigenvalue weighted by molar-refractivity contribution is 0.889. The first-order valence-electron chi connectivity index (χ1n) is 9.71. The van der Waals surface area contributed by atoms with Crippen molar-refractivity contribution in [2.45, 2.75) is 34.1 Å². The van der Waals surface area contributed by atoms with Crippen LogP contribution in [0.3, 0.4) is 0 Å². The molecule has 2 aromatic heterocycles. The monoisotopic (exact) mass is 371 g/mol. The Labute approximate surface area is 165 Å². The summed E-state index contributed by atoms with van der Waals surface area (Å²) in [6.45, 7) is 7.92. The summed E-state index contributed by atoms with van der Waals surface area (Å²) in [6.07, 6.45) is 4.33. The van der Waals surface area contributed by atoms with Crippen LogP contribution in [0.4, 0.5) is 0 Å². The summed E-state index contributed by atoms with van der Waals surface area (Å²) >= 11 is 0. The first-order valence-corrected chi connectivity index (χ1v) is 9.71. The Morgan fingerprint density at radius 1 is 0.929 bits per heavy atom. The molecule has 0 N–H and O–H groups in total. The van der Waals surface area contributed by atoms with Crippen molar-refractivity contribution in [3.05, 3.63) is 88.9 Å². The molecule has 0 atom stereocenters. The van der Waals surface area contributed by atoms with E-state index in [0.717, 1.165) is 34.3 Å². The molecule has 0 unspecified atom stereocenters. The van der Waals surface area contributed by atoms with Gasteiger partial charge in [-0.05, 0) is 42.5 Å². The molecule has 4 rings (SSSR count). The van der Waals surface area contributed by atoms with Gasteiger partial charge in [-0.2, -0.15) is 0 Å². The Kier molecular flexibility index (Phi) is 5.99. The van der Waals surface area contributed by atoms with Gasteiger partial charge in [-0.15, -0.1) is 0 Å². The lowest BCUT2D eigenvalue weighted by atomic mass is 10.0. The maximum absolute atomic E-state index is 13.5. The predicted molar refractivity (Wildman–Crippen MR) is 116 cm³/mol. The van der Waals surface area contributed by atoms with Gasteiger partial charge in [0.25, 0.3) is 5.56 Å². The van der Waals surface area contributed by atoms with Crippen LogP contribution in [0.2, 0.25) is 0 Å². The van der Waals surface area contributed by atoms with E-state index in [9.17, 15) is 4.79 Å². The molecule has 0 amide bonds. The van der Waals surface area contributed by atoms with Crippen molar-refractivity contribution >= 4 is 10.8 Å². The minimum absolute atomic E-state index is 0.0123. The second-order valence-electron chi connectivity index (χ2n) is 6.25. The Hall–Kier alpha value is -3.27. The van der Waals surface area contributed by atoms with Crippen LogP contribution in [0.5, 0.6) is 0 Å². The van der Waals surface area contributed by atoms with Crippen LogP contribution >= 0.6 is 0 Å². The van der Waals surface area contributed by atoms with Crippen molar-refractivity contribution in [1.82, 2.24) is 14.5 Å². The summed E-state index contributed by atoms with van der Waals surface area (Å²) < 4.78 is 1.81. The van der Waals surface area contributed by atoms with E-state index in [0.29, 0.717) is 11.2 Å². The summed E-state index contributed by atoms with van der Waals surface area (Å²) in [5.74, 6) is 0.712. The van der Waals surface area contributed by atoms with Crippen molar-refractivity contribution in [3.63, 3.8) is 0 Å². The highest BCUT2D eigenvalue weighted by atomic mass is 16.1. The van der Waals surface area contributed by atoms with E-state index in [-0.39, 0.29) is 5.56 Å². The Morgan fingerprint density at radius 2 is 1.61 bits per heavy atom. The quantitative estimate of drug-likeness (QED) is 0.488. The summed E-state index contributed by atoms with van der Waals surface area (Å²) in [5.41, 5.74) is 3.57.